The zero-order chi connectivity index (χ0) is 52.7. The maximum Gasteiger partial charge on any atom is 0.305 e. The lowest BCUT2D eigenvalue weighted by Gasteiger charge is -2.41. The Hall–Kier alpha value is -7.82. The van der Waals surface area contributed by atoms with Gasteiger partial charge in [-0.1, -0.05) is 51.1 Å². The minimum atomic E-state index is -1.85. The molecule has 0 aliphatic carbocycles. The summed E-state index contributed by atoms with van der Waals surface area (Å²) in [6.45, 7) is 6.73. The van der Waals surface area contributed by atoms with E-state index in [1.54, 1.807) is 49.7 Å². The van der Waals surface area contributed by atoms with Gasteiger partial charge in [-0.15, -0.1) is 0 Å². The number of aromatic nitrogens is 1. The molecule has 0 unspecified atom stereocenters. The van der Waals surface area contributed by atoms with E-state index >= 15 is 4.39 Å². The minimum absolute atomic E-state index is 0.0734. The molecule has 9 amide bonds. The molecule has 5 atom stereocenters. The summed E-state index contributed by atoms with van der Waals surface area (Å²) >= 11 is 0. The molecule has 23 heteroatoms. The third-order valence-electron chi connectivity index (χ3n) is 11.1. The Morgan fingerprint density at radius 2 is 1.37 bits per heavy atom. The zero-order valence-corrected chi connectivity index (χ0v) is 40.0. The third-order valence-corrected chi connectivity index (χ3v) is 11.1. The first kappa shape index (κ1) is 55.8. The highest BCUT2D eigenvalue weighted by Gasteiger charge is 2.39. The molecule has 2 heterocycles. The number of aliphatic hydroxyl groups excluding tert-OH is 1. The Bertz CT molecular complexity index is 2510. The summed E-state index contributed by atoms with van der Waals surface area (Å²) in [6.07, 6.45) is 2.16. The largest absolute Gasteiger partial charge is 0.481 e. The summed E-state index contributed by atoms with van der Waals surface area (Å²) < 4.78 is 31.6. The number of carboxylic acids is 1. The molecule has 8 N–H and O–H groups in total. The van der Waals surface area contributed by atoms with Crippen LogP contribution in [0, 0.1) is 17.0 Å². The van der Waals surface area contributed by atoms with Crippen LogP contribution in [0.25, 0.3) is 11.1 Å². The molecule has 382 valence electrons. The Balaban J connectivity index is 1.68. The summed E-state index contributed by atoms with van der Waals surface area (Å²) in [6, 6.07) is 6.77. The Labute approximate surface area is 407 Å². The molecular weight excluding hydrogens is 933 g/mol. The molecule has 0 saturated carbocycles. The maximum absolute atomic E-state index is 15.3. The van der Waals surface area contributed by atoms with Gasteiger partial charge in [0.15, 0.2) is 0 Å². The Morgan fingerprint density at radius 3 is 1.97 bits per heavy atom. The van der Waals surface area contributed by atoms with E-state index in [4.69, 9.17) is 0 Å². The molecule has 0 fully saturated rings. The van der Waals surface area contributed by atoms with Gasteiger partial charge in [0.1, 0.15) is 49.0 Å². The van der Waals surface area contributed by atoms with E-state index in [-0.39, 0.29) is 30.8 Å². The second-order valence-corrected chi connectivity index (χ2v) is 17.8. The predicted molar refractivity (Wildman–Crippen MR) is 250 cm³/mol. The number of nitrogens with zero attached hydrogens (tertiary/aromatic N) is 3. The number of hydrogen-bond acceptors (Lipinski definition) is 11. The number of aliphatic carboxylic acids is 1. The van der Waals surface area contributed by atoms with Crippen LogP contribution >= 0.6 is 0 Å². The predicted octanol–water partition coefficient (Wildman–Crippen LogP) is 0.411. The van der Waals surface area contributed by atoms with E-state index in [9.17, 15) is 62.5 Å². The fourth-order valence-electron chi connectivity index (χ4n) is 7.66. The van der Waals surface area contributed by atoms with Crippen LogP contribution in [-0.4, -0.2) is 141 Å². The average Bonchev–Trinajstić information content (AvgIpc) is 3.85. The summed E-state index contributed by atoms with van der Waals surface area (Å²) in [5.74, 6) is -10.4. The standard InChI is InChI=1S/C48H59F2N9O12/c1-27(53-29(3)61)44(68)54-28(2)45(69)56-36(22-42(66)67)47(71)55-35(46(70)52-18-17-51-38(62)25-59-39(63)14-15-40(59)64)16-19-58(41(65)26-60)43(48(4,5)6)37-20-31(33-21-32(49)12-13-34(33)50)24-57(37)23-30-10-8-7-9-11-30/h7-15,20-21,24,27-28,35-36,43,60H,16-19,22-23,25-26H2,1-6H3,(H,51,62)(H,52,70)(H,53,61)(H,54,68)(H,55,71)(H,56,69)(H,66,67)/t27-,28+,35-,36-,43-/m0/s1. The van der Waals surface area contributed by atoms with Gasteiger partial charge in [0.05, 0.1) is 12.5 Å². The lowest BCUT2D eigenvalue weighted by atomic mass is 9.82. The van der Waals surface area contributed by atoms with Gasteiger partial charge in [-0.25, -0.2) is 8.78 Å². The van der Waals surface area contributed by atoms with Crippen LogP contribution < -0.4 is 31.9 Å². The maximum atomic E-state index is 15.3. The van der Waals surface area contributed by atoms with Crippen LogP contribution in [0.4, 0.5) is 8.78 Å². The number of benzene rings is 2. The molecule has 0 bridgehead atoms. The van der Waals surface area contributed by atoms with Gasteiger partial charge in [-0.2, -0.15) is 0 Å². The summed E-state index contributed by atoms with van der Waals surface area (Å²) in [5.41, 5.74) is 0.488. The highest BCUT2D eigenvalue weighted by molar-refractivity contribution is 6.14. The summed E-state index contributed by atoms with van der Waals surface area (Å²) in [4.78, 5) is 130. The smallest absolute Gasteiger partial charge is 0.305 e. The van der Waals surface area contributed by atoms with Crippen molar-refractivity contribution in [2.24, 2.45) is 5.41 Å². The molecule has 71 heavy (non-hydrogen) atoms. The number of carbonyl (C=O) groups excluding carboxylic acids is 9. The highest BCUT2D eigenvalue weighted by atomic mass is 19.1. The number of imide groups is 1. The van der Waals surface area contributed by atoms with Crippen LogP contribution in [-0.2, 0) is 54.5 Å². The average molecular weight is 992 g/mol. The van der Waals surface area contributed by atoms with Crippen LogP contribution in [0.15, 0.2) is 72.9 Å². The number of amides is 9. The van der Waals surface area contributed by atoms with Crippen LogP contribution in [0.1, 0.15) is 71.7 Å². The number of hydrogen-bond donors (Lipinski definition) is 8. The summed E-state index contributed by atoms with van der Waals surface area (Å²) in [5, 5.41) is 34.5. The van der Waals surface area contributed by atoms with E-state index in [0.29, 0.717) is 10.6 Å². The SMILES string of the molecule is CC(=O)N[C@@H](C)C(=O)N[C@H](C)C(=O)N[C@@H](CC(=O)O)C(=O)N[C@@H](CCN(C(=O)CO)[C@@H](c1cc(-c2cc(F)ccc2F)cn1Cc1ccccc1)C(C)(C)C)C(=O)NCCNC(=O)CN1C(=O)C=CC1=O. The molecule has 4 rings (SSSR count). The van der Waals surface area contributed by atoms with Crippen molar-refractivity contribution < 1.29 is 66.9 Å². The first-order chi connectivity index (χ1) is 33.4. The number of rotatable bonds is 24. The first-order valence-corrected chi connectivity index (χ1v) is 22.5. The molecule has 21 nitrogen and oxygen atoms in total. The van der Waals surface area contributed by atoms with Gasteiger partial charge in [-0.3, -0.25) is 52.8 Å². The van der Waals surface area contributed by atoms with Crippen molar-refractivity contribution in [1.29, 1.82) is 0 Å². The van der Waals surface area contributed by atoms with E-state index in [2.05, 4.69) is 31.9 Å². The van der Waals surface area contributed by atoms with Gasteiger partial charge < -0.3 is 51.6 Å². The van der Waals surface area contributed by atoms with E-state index in [1.165, 1.54) is 25.7 Å². The Kier molecular flexibility index (Phi) is 19.8. The fraction of sp³-hybridized carbons (Fsp3) is 0.417. The van der Waals surface area contributed by atoms with Crippen molar-refractivity contribution >= 4 is 59.1 Å². The highest BCUT2D eigenvalue weighted by Crippen LogP contribution is 2.41. The molecule has 3 aromatic rings. The fourth-order valence-corrected chi connectivity index (χ4v) is 7.66. The molecule has 1 aliphatic heterocycles. The van der Waals surface area contributed by atoms with Crippen molar-refractivity contribution in [1.82, 2.24) is 46.3 Å². The van der Waals surface area contributed by atoms with Crippen LogP contribution in [0.2, 0.25) is 0 Å². The second kappa shape index (κ2) is 25.2. The van der Waals surface area contributed by atoms with E-state index in [1.807, 2.05) is 18.2 Å². The van der Waals surface area contributed by atoms with Crippen molar-refractivity contribution in [3.63, 3.8) is 0 Å². The topological polar surface area (TPSA) is 295 Å². The number of carbonyl (C=O) groups is 10. The molecule has 2 aromatic carbocycles. The molecular formula is C48H59F2N9O12. The minimum Gasteiger partial charge on any atom is -0.481 e. The van der Waals surface area contributed by atoms with Crippen molar-refractivity contribution in [3.05, 3.63) is 95.8 Å². The van der Waals surface area contributed by atoms with Gasteiger partial charge in [-0.05, 0) is 55.5 Å². The molecule has 1 aliphatic rings. The monoisotopic (exact) mass is 991 g/mol. The van der Waals surface area contributed by atoms with Gasteiger partial charge >= 0.3 is 5.97 Å². The third kappa shape index (κ3) is 16.1. The second-order valence-electron chi connectivity index (χ2n) is 17.8. The van der Waals surface area contributed by atoms with E-state index < -0.39 is 139 Å². The number of aliphatic hydroxyl groups is 1. The number of halogens is 2. The lowest BCUT2D eigenvalue weighted by molar-refractivity contribution is -0.142. The van der Waals surface area contributed by atoms with Gasteiger partial charge in [0.25, 0.3) is 11.8 Å². The molecule has 0 spiro atoms. The zero-order valence-electron chi connectivity index (χ0n) is 40.0. The molecule has 0 radical (unpaired) electrons. The lowest BCUT2D eigenvalue weighted by Crippen LogP contribution is -2.58. The van der Waals surface area contributed by atoms with Crippen molar-refractivity contribution in [2.75, 3.05) is 32.8 Å². The van der Waals surface area contributed by atoms with Crippen LogP contribution in [0.5, 0.6) is 0 Å². The number of nitrogens with one attached hydrogen (secondary N) is 6. The Morgan fingerprint density at radius 1 is 0.761 bits per heavy atom. The van der Waals surface area contributed by atoms with Crippen molar-refractivity contribution in [2.45, 2.75) is 91.1 Å². The quantitative estimate of drug-likeness (QED) is 0.0448. The normalized spacial score (nSPS) is 14.4. The van der Waals surface area contributed by atoms with Gasteiger partial charge in [0.2, 0.25) is 41.4 Å². The first-order valence-electron chi connectivity index (χ1n) is 22.5. The molecule has 0 saturated heterocycles. The van der Waals surface area contributed by atoms with E-state index in [0.717, 1.165) is 35.9 Å². The molecule has 1 aromatic heterocycles. The summed E-state index contributed by atoms with van der Waals surface area (Å²) in [7, 11) is 0. The van der Waals surface area contributed by atoms with Crippen molar-refractivity contribution in [3.8, 4) is 11.1 Å². The van der Waals surface area contributed by atoms with Crippen LogP contribution in [0.3, 0.4) is 0 Å². The van der Waals surface area contributed by atoms with Gasteiger partial charge in [0, 0.05) is 68.3 Å². The number of carboxylic acid groups (broad SMARTS) is 1.